The molecule has 170 valence electrons. The molecule has 0 radical (unpaired) electrons. The Kier molecular flexibility index (Phi) is 6.82. The second-order valence-electron chi connectivity index (χ2n) is 7.60. The van der Waals surface area contributed by atoms with E-state index < -0.39 is 29.7 Å². The van der Waals surface area contributed by atoms with Gasteiger partial charge in [0.2, 0.25) is 0 Å². The number of anilines is 2. The van der Waals surface area contributed by atoms with Gasteiger partial charge in [0.1, 0.15) is 6.54 Å². The molecule has 0 saturated carbocycles. The summed E-state index contributed by atoms with van der Waals surface area (Å²) in [7, 11) is 1.21. The number of amides is 4. The lowest BCUT2D eigenvalue weighted by atomic mass is 10.00. The maximum atomic E-state index is 13.3. The van der Waals surface area contributed by atoms with Crippen molar-refractivity contribution < 1.29 is 24.3 Å². The van der Waals surface area contributed by atoms with E-state index in [1.807, 2.05) is 0 Å². The quantitative estimate of drug-likeness (QED) is 0.374. The Morgan fingerprint density at radius 1 is 1.09 bits per heavy atom. The third-order valence-corrected chi connectivity index (χ3v) is 5.67. The van der Waals surface area contributed by atoms with E-state index in [9.17, 15) is 19.6 Å². The summed E-state index contributed by atoms with van der Waals surface area (Å²) >= 11 is 11.8. The van der Waals surface area contributed by atoms with Gasteiger partial charge < -0.3 is 15.0 Å². The van der Waals surface area contributed by atoms with Crippen LogP contribution in [-0.4, -0.2) is 58.6 Å². The molecule has 1 heterocycles. The number of esters is 1. The number of methoxy groups -OCH3 is 1. The van der Waals surface area contributed by atoms with Crippen LogP contribution in [0, 0.1) is 0 Å². The molecule has 0 aliphatic carbocycles. The minimum atomic E-state index is -1.19. The number of hydroxylamine groups is 2. The monoisotopic (exact) mass is 480 g/mol. The van der Waals surface area contributed by atoms with Gasteiger partial charge in [0, 0.05) is 21.4 Å². The van der Waals surface area contributed by atoms with Crippen LogP contribution >= 0.6 is 23.2 Å². The van der Waals surface area contributed by atoms with Gasteiger partial charge >= 0.3 is 18.0 Å². The molecule has 0 aromatic heterocycles. The molecule has 0 unspecified atom stereocenters. The zero-order valence-corrected chi connectivity index (χ0v) is 19.1. The van der Waals surface area contributed by atoms with Crippen LogP contribution in [0.1, 0.15) is 13.8 Å². The first kappa shape index (κ1) is 23.6. The van der Waals surface area contributed by atoms with Crippen molar-refractivity contribution in [3.63, 3.8) is 0 Å². The molecule has 32 heavy (non-hydrogen) atoms. The van der Waals surface area contributed by atoms with Crippen molar-refractivity contribution in [2.75, 3.05) is 23.9 Å². The molecule has 2 aromatic rings. The Labute approximate surface area is 195 Å². The van der Waals surface area contributed by atoms with E-state index in [4.69, 9.17) is 27.9 Å². The van der Waals surface area contributed by atoms with Crippen molar-refractivity contribution in [3.05, 3.63) is 58.6 Å². The first-order valence-corrected chi connectivity index (χ1v) is 10.3. The summed E-state index contributed by atoms with van der Waals surface area (Å²) in [5.41, 5.74) is -0.412. The maximum absolute atomic E-state index is 13.3. The number of carbonyl (C=O) groups is 3. The van der Waals surface area contributed by atoms with Gasteiger partial charge in [-0.25, -0.2) is 9.59 Å². The first-order valence-electron chi connectivity index (χ1n) is 9.54. The summed E-state index contributed by atoms with van der Waals surface area (Å²) in [6.07, 6.45) is -1.19. The fraction of sp³-hybridized carbons (Fsp3) is 0.286. The molecule has 11 heteroatoms. The minimum absolute atomic E-state index is 0.366. The molecule has 1 saturated heterocycles. The average molecular weight is 481 g/mol. The van der Waals surface area contributed by atoms with Crippen LogP contribution in [0.25, 0.3) is 0 Å². The van der Waals surface area contributed by atoms with Crippen molar-refractivity contribution in [3.8, 4) is 0 Å². The molecule has 0 bridgehead atoms. The van der Waals surface area contributed by atoms with E-state index in [1.54, 1.807) is 62.4 Å². The summed E-state index contributed by atoms with van der Waals surface area (Å²) < 4.78 is 4.71. The third kappa shape index (κ3) is 4.59. The van der Waals surface area contributed by atoms with Crippen molar-refractivity contribution in [2.24, 2.45) is 0 Å². The van der Waals surface area contributed by atoms with Gasteiger partial charge in [-0.05, 0) is 62.4 Å². The summed E-state index contributed by atoms with van der Waals surface area (Å²) in [6, 6.07) is 11.1. The van der Waals surface area contributed by atoms with E-state index >= 15 is 0 Å². The highest BCUT2D eigenvalue weighted by Crippen LogP contribution is 2.38. The number of hydrogen-bond donors (Lipinski definition) is 2. The minimum Gasteiger partial charge on any atom is -0.468 e. The van der Waals surface area contributed by atoms with Crippen LogP contribution in [0.2, 0.25) is 10.0 Å². The number of halogens is 2. The molecule has 1 atom stereocenters. The molecule has 1 fully saturated rings. The van der Waals surface area contributed by atoms with Gasteiger partial charge in [-0.15, -0.1) is 0 Å². The third-order valence-electron chi connectivity index (χ3n) is 5.16. The van der Waals surface area contributed by atoms with E-state index in [2.05, 4.69) is 5.32 Å². The summed E-state index contributed by atoms with van der Waals surface area (Å²) in [6.45, 7) is 2.90. The SMILES string of the molecule is COC(=O)CN1C(=O)N(c2ccc(Cl)cc2)[C@@H](N(O)C(=O)Nc2ccc(Cl)cc2)C1(C)C. The van der Waals surface area contributed by atoms with Gasteiger partial charge in [0.05, 0.1) is 12.6 Å². The Hall–Kier alpha value is -3.01. The number of benzene rings is 2. The Balaban J connectivity index is 1.98. The fourth-order valence-corrected chi connectivity index (χ4v) is 3.74. The number of carbonyl (C=O) groups excluding carboxylic acids is 3. The molecule has 2 N–H and O–H groups in total. The van der Waals surface area contributed by atoms with Crippen LogP contribution < -0.4 is 10.2 Å². The van der Waals surface area contributed by atoms with Gasteiger partial charge in [-0.3, -0.25) is 14.9 Å². The Morgan fingerprint density at radius 2 is 1.62 bits per heavy atom. The maximum Gasteiger partial charge on any atom is 0.347 e. The lowest BCUT2D eigenvalue weighted by Crippen LogP contribution is -2.58. The molecule has 1 aliphatic heterocycles. The highest BCUT2D eigenvalue weighted by Gasteiger charge is 2.56. The molecular weight excluding hydrogens is 459 g/mol. The number of urea groups is 2. The predicted molar refractivity (Wildman–Crippen MR) is 120 cm³/mol. The highest BCUT2D eigenvalue weighted by atomic mass is 35.5. The Morgan fingerprint density at radius 3 is 2.16 bits per heavy atom. The fourth-order valence-electron chi connectivity index (χ4n) is 3.49. The molecule has 2 aromatic carbocycles. The average Bonchev–Trinajstić information content (AvgIpc) is 2.95. The van der Waals surface area contributed by atoms with Crippen molar-refractivity contribution in [2.45, 2.75) is 25.6 Å². The highest BCUT2D eigenvalue weighted by molar-refractivity contribution is 6.31. The van der Waals surface area contributed by atoms with Gasteiger partial charge in [0.15, 0.2) is 6.17 Å². The van der Waals surface area contributed by atoms with Crippen LogP contribution in [0.5, 0.6) is 0 Å². The molecular formula is C21H22Cl2N4O5. The summed E-state index contributed by atoms with van der Waals surface area (Å²) in [4.78, 5) is 40.6. The predicted octanol–water partition coefficient (Wildman–Crippen LogP) is 4.44. The van der Waals surface area contributed by atoms with Crippen molar-refractivity contribution in [1.82, 2.24) is 9.96 Å². The van der Waals surface area contributed by atoms with Gasteiger partial charge in [-0.1, -0.05) is 23.2 Å². The van der Waals surface area contributed by atoms with Crippen LogP contribution in [0.15, 0.2) is 48.5 Å². The number of rotatable bonds is 5. The van der Waals surface area contributed by atoms with E-state index in [0.29, 0.717) is 26.5 Å². The van der Waals surface area contributed by atoms with E-state index in [-0.39, 0.29) is 6.54 Å². The summed E-state index contributed by atoms with van der Waals surface area (Å²) in [5, 5.41) is 14.8. The zero-order valence-electron chi connectivity index (χ0n) is 17.6. The normalized spacial score (nSPS) is 17.3. The molecule has 1 aliphatic rings. The standard InChI is InChI=1S/C21H22Cl2N4O5/c1-21(2)18(27(31)19(29)24-15-8-4-13(22)5-9-15)26(16-10-6-14(23)7-11-16)20(30)25(21)12-17(28)32-3/h4-11,18,31H,12H2,1-3H3,(H,24,29)/t18-/m0/s1. The largest absolute Gasteiger partial charge is 0.468 e. The molecule has 9 nitrogen and oxygen atoms in total. The lowest BCUT2D eigenvalue weighted by molar-refractivity contribution is -0.143. The smallest absolute Gasteiger partial charge is 0.347 e. The van der Waals surface area contributed by atoms with Crippen molar-refractivity contribution in [1.29, 1.82) is 0 Å². The van der Waals surface area contributed by atoms with Crippen molar-refractivity contribution >= 4 is 52.6 Å². The zero-order chi connectivity index (χ0) is 23.6. The number of nitrogens with one attached hydrogen (secondary N) is 1. The van der Waals surface area contributed by atoms with Crippen LogP contribution in [0.3, 0.4) is 0 Å². The van der Waals surface area contributed by atoms with E-state index in [1.165, 1.54) is 16.9 Å². The van der Waals surface area contributed by atoms with E-state index in [0.717, 1.165) is 0 Å². The summed E-state index contributed by atoms with van der Waals surface area (Å²) in [5.74, 6) is -0.641. The van der Waals surface area contributed by atoms with Crippen LogP contribution in [-0.2, 0) is 9.53 Å². The first-order chi connectivity index (χ1) is 15.1. The topological polar surface area (TPSA) is 102 Å². The molecule has 3 rings (SSSR count). The second kappa shape index (κ2) is 9.23. The molecule has 0 spiro atoms. The number of nitrogens with zero attached hydrogens (tertiary/aromatic N) is 3. The lowest BCUT2D eigenvalue weighted by Gasteiger charge is -2.38. The number of hydrogen-bond acceptors (Lipinski definition) is 5. The molecule has 4 amide bonds. The van der Waals surface area contributed by atoms with Gasteiger partial charge in [0.25, 0.3) is 0 Å². The van der Waals surface area contributed by atoms with Gasteiger partial charge in [-0.2, -0.15) is 5.06 Å². The number of ether oxygens (including phenoxy) is 1. The second-order valence-corrected chi connectivity index (χ2v) is 8.47. The van der Waals surface area contributed by atoms with Crippen LogP contribution in [0.4, 0.5) is 21.0 Å². The Bertz CT molecular complexity index is 1010.